The van der Waals surface area contributed by atoms with Crippen molar-refractivity contribution in [1.82, 2.24) is 20.3 Å². The number of nitrogens with one attached hydrogen (secondary N) is 2. The van der Waals surface area contributed by atoms with Gasteiger partial charge in [0.15, 0.2) is 0 Å². The zero-order valence-electron chi connectivity index (χ0n) is 13.2. The zero-order valence-corrected chi connectivity index (χ0v) is 13.2. The standard InChI is InChI=1S/C16H23N5O/c1-3-4-7-10-18-20-16(22)12-21-14-9-6-5-8-13(14)19-15(21)11-17-2/h5-6,8-10,17H,3-4,7,11-12H2,1-2H3,(H,20,22)/b18-10+. The first kappa shape index (κ1) is 16.2. The number of imidazole rings is 1. The number of para-hydroxylation sites is 2. The van der Waals surface area contributed by atoms with Crippen LogP contribution in [0, 0.1) is 0 Å². The monoisotopic (exact) mass is 301 g/mol. The molecule has 6 nitrogen and oxygen atoms in total. The van der Waals surface area contributed by atoms with E-state index in [1.807, 2.05) is 35.9 Å². The van der Waals surface area contributed by atoms with Crippen LogP contribution in [0.1, 0.15) is 32.0 Å². The quantitative estimate of drug-likeness (QED) is 0.445. The highest BCUT2D eigenvalue weighted by Crippen LogP contribution is 2.15. The summed E-state index contributed by atoms with van der Waals surface area (Å²) in [6, 6.07) is 7.82. The van der Waals surface area contributed by atoms with Crippen LogP contribution in [0.25, 0.3) is 11.0 Å². The summed E-state index contributed by atoms with van der Waals surface area (Å²) in [7, 11) is 1.86. The predicted octanol–water partition coefficient (Wildman–Crippen LogP) is 2.05. The average Bonchev–Trinajstić information content (AvgIpc) is 2.85. The van der Waals surface area contributed by atoms with E-state index < -0.39 is 0 Å². The van der Waals surface area contributed by atoms with Gasteiger partial charge in [-0.3, -0.25) is 4.79 Å². The largest absolute Gasteiger partial charge is 0.317 e. The van der Waals surface area contributed by atoms with Crippen molar-refractivity contribution in [2.45, 2.75) is 39.3 Å². The Labute approximate surface area is 130 Å². The van der Waals surface area contributed by atoms with Gasteiger partial charge in [-0.1, -0.05) is 25.5 Å². The third kappa shape index (κ3) is 4.14. The van der Waals surface area contributed by atoms with E-state index >= 15 is 0 Å². The number of hydrogen-bond acceptors (Lipinski definition) is 4. The van der Waals surface area contributed by atoms with E-state index in [9.17, 15) is 4.79 Å². The number of hydrogen-bond donors (Lipinski definition) is 2. The summed E-state index contributed by atoms with van der Waals surface area (Å²) in [6.45, 7) is 2.95. The molecule has 2 aromatic rings. The van der Waals surface area contributed by atoms with Crippen LogP contribution in [0.2, 0.25) is 0 Å². The predicted molar refractivity (Wildman–Crippen MR) is 88.7 cm³/mol. The molecule has 0 aliphatic carbocycles. The first-order valence-corrected chi connectivity index (χ1v) is 7.65. The van der Waals surface area contributed by atoms with Crippen LogP contribution in [0.3, 0.4) is 0 Å². The molecule has 1 amide bonds. The molecule has 0 fully saturated rings. The fraction of sp³-hybridized carbons (Fsp3) is 0.438. The van der Waals surface area contributed by atoms with Crippen molar-refractivity contribution in [3.05, 3.63) is 30.1 Å². The van der Waals surface area contributed by atoms with Crippen molar-refractivity contribution in [3.63, 3.8) is 0 Å². The Kier molecular flexibility index (Phi) is 6.09. The van der Waals surface area contributed by atoms with E-state index in [0.717, 1.165) is 36.1 Å². The van der Waals surface area contributed by atoms with Gasteiger partial charge in [-0.05, 0) is 32.0 Å². The lowest BCUT2D eigenvalue weighted by Gasteiger charge is -2.07. The van der Waals surface area contributed by atoms with Crippen LogP contribution in [-0.4, -0.2) is 28.7 Å². The van der Waals surface area contributed by atoms with Crippen molar-refractivity contribution in [2.24, 2.45) is 5.10 Å². The van der Waals surface area contributed by atoms with Crippen LogP contribution in [0.15, 0.2) is 29.4 Å². The van der Waals surface area contributed by atoms with E-state index in [1.165, 1.54) is 0 Å². The molecule has 0 radical (unpaired) electrons. The molecule has 2 N–H and O–H groups in total. The number of carbonyl (C=O) groups is 1. The van der Waals surface area contributed by atoms with Gasteiger partial charge in [0.1, 0.15) is 12.4 Å². The van der Waals surface area contributed by atoms with E-state index in [4.69, 9.17) is 0 Å². The fourth-order valence-electron chi connectivity index (χ4n) is 2.25. The number of hydrazone groups is 1. The fourth-order valence-corrected chi connectivity index (χ4v) is 2.25. The number of aromatic nitrogens is 2. The number of fused-ring (bicyclic) bond motifs is 1. The molecule has 22 heavy (non-hydrogen) atoms. The Balaban J connectivity index is 2.07. The SMILES string of the molecule is CCCC/C=N/NC(=O)Cn1c(CNC)nc2ccccc21. The van der Waals surface area contributed by atoms with Crippen LogP contribution < -0.4 is 10.7 Å². The Hall–Kier alpha value is -2.21. The highest BCUT2D eigenvalue weighted by molar-refractivity contribution is 5.81. The Morgan fingerprint density at radius 2 is 2.23 bits per heavy atom. The lowest BCUT2D eigenvalue weighted by molar-refractivity contribution is -0.121. The van der Waals surface area contributed by atoms with Crippen LogP contribution in [0.4, 0.5) is 0 Å². The zero-order chi connectivity index (χ0) is 15.8. The van der Waals surface area contributed by atoms with Gasteiger partial charge in [0.05, 0.1) is 17.6 Å². The van der Waals surface area contributed by atoms with Crippen molar-refractivity contribution in [2.75, 3.05) is 7.05 Å². The average molecular weight is 301 g/mol. The minimum absolute atomic E-state index is 0.145. The molecule has 6 heteroatoms. The second kappa shape index (κ2) is 8.29. The molecule has 0 saturated heterocycles. The topological polar surface area (TPSA) is 71.3 Å². The number of carbonyl (C=O) groups excluding carboxylic acids is 1. The van der Waals surface area contributed by atoms with Crippen molar-refractivity contribution >= 4 is 23.2 Å². The second-order valence-electron chi connectivity index (χ2n) is 5.12. The summed E-state index contributed by atoms with van der Waals surface area (Å²) in [5.74, 6) is 0.696. The number of rotatable bonds is 8. The highest BCUT2D eigenvalue weighted by Gasteiger charge is 2.12. The number of nitrogens with zero attached hydrogens (tertiary/aromatic N) is 3. The molecule has 2 rings (SSSR count). The van der Waals surface area contributed by atoms with Gasteiger partial charge in [0.2, 0.25) is 0 Å². The van der Waals surface area contributed by atoms with E-state index in [2.05, 4.69) is 27.8 Å². The van der Waals surface area contributed by atoms with Crippen molar-refractivity contribution < 1.29 is 4.79 Å². The van der Waals surface area contributed by atoms with Crippen LogP contribution >= 0.6 is 0 Å². The van der Waals surface area contributed by atoms with E-state index in [-0.39, 0.29) is 12.5 Å². The number of amides is 1. The summed E-state index contributed by atoms with van der Waals surface area (Å²) in [4.78, 5) is 16.6. The summed E-state index contributed by atoms with van der Waals surface area (Å²) in [6.07, 6.45) is 4.84. The molecular formula is C16H23N5O. The Bertz CT molecular complexity index is 647. The minimum atomic E-state index is -0.145. The number of benzene rings is 1. The molecule has 0 unspecified atom stereocenters. The van der Waals surface area contributed by atoms with Gasteiger partial charge in [-0.2, -0.15) is 5.10 Å². The Morgan fingerprint density at radius 1 is 1.41 bits per heavy atom. The third-order valence-corrected chi connectivity index (χ3v) is 3.34. The number of unbranched alkanes of at least 4 members (excludes halogenated alkanes) is 2. The molecule has 1 heterocycles. The second-order valence-corrected chi connectivity index (χ2v) is 5.12. The van der Waals surface area contributed by atoms with Gasteiger partial charge in [0.25, 0.3) is 5.91 Å². The first-order valence-electron chi connectivity index (χ1n) is 7.65. The van der Waals surface area contributed by atoms with Gasteiger partial charge >= 0.3 is 0 Å². The lowest BCUT2D eigenvalue weighted by Crippen LogP contribution is -2.25. The highest BCUT2D eigenvalue weighted by atomic mass is 16.2. The van der Waals surface area contributed by atoms with Crippen LogP contribution in [0.5, 0.6) is 0 Å². The molecule has 0 atom stereocenters. The summed E-state index contributed by atoms with van der Waals surface area (Å²) in [5.41, 5.74) is 4.43. The minimum Gasteiger partial charge on any atom is -0.317 e. The van der Waals surface area contributed by atoms with Gasteiger partial charge in [-0.15, -0.1) is 0 Å². The van der Waals surface area contributed by atoms with Crippen LogP contribution in [-0.2, 0) is 17.9 Å². The summed E-state index contributed by atoms with van der Waals surface area (Å²) < 4.78 is 1.92. The smallest absolute Gasteiger partial charge is 0.260 e. The summed E-state index contributed by atoms with van der Waals surface area (Å²) in [5, 5.41) is 7.05. The maximum atomic E-state index is 12.0. The molecule has 0 aliphatic heterocycles. The molecule has 0 aliphatic rings. The molecule has 0 spiro atoms. The van der Waals surface area contributed by atoms with E-state index in [0.29, 0.717) is 6.54 Å². The van der Waals surface area contributed by atoms with E-state index in [1.54, 1.807) is 6.21 Å². The van der Waals surface area contributed by atoms with Crippen molar-refractivity contribution in [3.8, 4) is 0 Å². The Morgan fingerprint density at radius 3 is 3.00 bits per heavy atom. The molecular weight excluding hydrogens is 278 g/mol. The van der Waals surface area contributed by atoms with Crippen molar-refractivity contribution in [1.29, 1.82) is 0 Å². The molecule has 0 bridgehead atoms. The normalized spacial score (nSPS) is 11.4. The van der Waals surface area contributed by atoms with Gasteiger partial charge in [-0.25, -0.2) is 10.4 Å². The molecule has 1 aromatic carbocycles. The summed E-state index contributed by atoms with van der Waals surface area (Å²) >= 11 is 0. The maximum Gasteiger partial charge on any atom is 0.260 e. The molecule has 0 saturated carbocycles. The lowest BCUT2D eigenvalue weighted by atomic mass is 10.3. The third-order valence-electron chi connectivity index (χ3n) is 3.34. The maximum absolute atomic E-state index is 12.0. The molecule has 118 valence electrons. The van der Waals surface area contributed by atoms with Gasteiger partial charge < -0.3 is 9.88 Å². The molecule has 1 aromatic heterocycles. The first-order chi connectivity index (χ1) is 10.8. The van der Waals surface area contributed by atoms with Gasteiger partial charge in [0, 0.05) is 6.21 Å².